The molecule has 2 aromatic carbocycles. The summed E-state index contributed by atoms with van der Waals surface area (Å²) < 4.78 is 29.3. The molecule has 0 aliphatic carbocycles. The van der Waals surface area contributed by atoms with Crippen LogP contribution in [-0.4, -0.2) is 32.2 Å². The second kappa shape index (κ2) is 9.38. The first kappa shape index (κ1) is 20.6. The van der Waals surface area contributed by atoms with Crippen molar-refractivity contribution in [3.05, 3.63) is 58.9 Å². The largest absolute Gasteiger partial charge is 0.493 e. The molecule has 3 aromatic rings. The van der Waals surface area contributed by atoms with Crippen molar-refractivity contribution in [2.75, 3.05) is 21.3 Å². The fourth-order valence-corrected chi connectivity index (χ4v) is 3.62. The highest BCUT2D eigenvalue weighted by Gasteiger charge is 2.14. The Morgan fingerprint density at radius 1 is 1.10 bits per heavy atom. The van der Waals surface area contributed by atoms with Gasteiger partial charge in [0.2, 0.25) is 11.7 Å². The van der Waals surface area contributed by atoms with Crippen molar-refractivity contribution in [2.24, 2.45) is 0 Å². The topological polar surface area (TPSA) is 69.7 Å². The number of hydrogen-bond acceptors (Lipinski definition) is 6. The van der Waals surface area contributed by atoms with Gasteiger partial charge in [-0.2, -0.15) is 0 Å². The van der Waals surface area contributed by atoms with Gasteiger partial charge in [0.15, 0.2) is 11.5 Å². The van der Waals surface area contributed by atoms with Gasteiger partial charge in [0.1, 0.15) is 10.8 Å². The quantitative estimate of drug-likeness (QED) is 0.604. The fraction of sp³-hybridized carbons (Fsp3) is 0.238. The molecule has 1 amide bonds. The van der Waals surface area contributed by atoms with Crippen LogP contribution in [0.25, 0.3) is 10.6 Å². The molecule has 152 valence electrons. The number of ether oxygens (including phenoxy) is 3. The summed E-state index contributed by atoms with van der Waals surface area (Å²) in [6, 6.07) is 9.80. The number of nitrogens with zero attached hydrogens (tertiary/aromatic N) is 1. The van der Waals surface area contributed by atoms with Crippen LogP contribution in [-0.2, 0) is 17.8 Å². The Kier molecular flexibility index (Phi) is 6.66. The van der Waals surface area contributed by atoms with Gasteiger partial charge < -0.3 is 19.5 Å². The zero-order chi connectivity index (χ0) is 20.8. The van der Waals surface area contributed by atoms with E-state index in [2.05, 4.69) is 10.3 Å². The van der Waals surface area contributed by atoms with Gasteiger partial charge in [0, 0.05) is 17.5 Å². The van der Waals surface area contributed by atoms with E-state index in [0.29, 0.717) is 40.1 Å². The Hall–Kier alpha value is -3.13. The van der Waals surface area contributed by atoms with Crippen molar-refractivity contribution in [3.8, 4) is 27.8 Å². The third kappa shape index (κ3) is 5.03. The predicted octanol–water partition coefficient (Wildman–Crippen LogP) is 3.83. The van der Waals surface area contributed by atoms with E-state index in [1.807, 2.05) is 0 Å². The molecular weight excluding hydrogens is 395 g/mol. The maximum absolute atomic E-state index is 13.4. The minimum absolute atomic E-state index is 0.135. The van der Waals surface area contributed by atoms with Crippen LogP contribution in [0.3, 0.4) is 0 Å². The monoisotopic (exact) mass is 416 g/mol. The van der Waals surface area contributed by atoms with Crippen LogP contribution in [0.4, 0.5) is 4.39 Å². The van der Waals surface area contributed by atoms with Crippen LogP contribution in [0.5, 0.6) is 17.2 Å². The maximum Gasteiger partial charge on any atom is 0.226 e. The van der Waals surface area contributed by atoms with E-state index in [-0.39, 0.29) is 18.1 Å². The minimum atomic E-state index is -0.317. The summed E-state index contributed by atoms with van der Waals surface area (Å²) in [5.74, 6) is 1.06. The Bertz CT molecular complexity index is 981. The molecule has 0 atom stereocenters. The van der Waals surface area contributed by atoms with Crippen LogP contribution in [0.2, 0.25) is 0 Å². The molecular formula is C21H21FN2O4S. The van der Waals surface area contributed by atoms with E-state index in [0.717, 1.165) is 5.56 Å². The minimum Gasteiger partial charge on any atom is -0.493 e. The summed E-state index contributed by atoms with van der Waals surface area (Å²) in [7, 11) is 4.62. The molecule has 0 spiro atoms. The molecule has 1 N–H and O–H groups in total. The predicted molar refractivity (Wildman–Crippen MR) is 109 cm³/mol. The lowest BCUT2D eigenvalue weighted by Crippen LogP contribution is -2.24. The summed E-state index contributed by atoms with van der Waals surface area (Å²) >= 11 is 1.38. The van der Waals surface area contributed by atoms with Gasteiger partial charge in [-0.05, 0) is 29.8 Å². The van der Waals surface area contributed by atoms with E-state index in [4.69, 9.17) is 14.2 Å². The van der Waals surface area contributed by atoms with Gasteiger partial charge in [-0.3, -0.25) is 4.79 Å². The molecule has 1 aromatic heterocycles. The van der Waals surface area contributed by atoms with Gasteiger partial charge in [0.05, 0.1) is 33.4 Å². The van der Waals surface area contributed by atoms with Crippen LogP contribution >= 0.6 is 11.3 Å². The number of carbonyl (C=O) groups is 1. The SMILES string of the molecule is COc1cc(CNC(=O)Cc2csc(-c3cccc(F)c3)n2)cc(OC)c1OC. The van der Waals surface area contributed by atoms with Crippen molar-refractivity contribution in [3.63, 3.8) is 0 Å². The standard InChI is InChI=1S/C21H21FN2O4S/c1-26-17-7-13(8-18(27-2)20(17)28-3)11-23-19(25)10-16-12-29-21(24-16)14-5-4-6-15(22)9-14/h4-9,12H,10-11H2,1-3H3,(H,23,25). The first-order chi connectivity index (χ1) is 14.0. The zero-order valence-corrected chi connectivity index (χ0v) is 17.1. The molecule has 3 rings (SSSR count). The average Bonchev–Trinajstić information content (AvgIpc) is 3.19. The first-order valence-corrected chi connectivity index (χ1v) is 9.68. The third-order valence-corrected chi connectivity index (χ3v) is 5.12. The lowest BCUT2D eigenvalue weighted by atomic mass is 10.1. The number of thiazole rings is 1. The molecule has 0 fully saturated rings. The van der Waals surface area contributed by atoms with E-state index in [1.165, 1.54) is 44.8 Å². The van der Waals surface area contributed by atoms with Crippen molar-refractivity contribution in [2.45, 2.75) is 13.0 Å². The molecule has 1 heterocycles. The summed E-state index contributed by atoms with van der Waals surface area (Å²) in [5.41, 5.74) is 2.14. The second-order valence-corrected chi connectivity index (χ2v) is 7.00. The van der Waals surface area contributed by atoms with Crippen LogP contribution < -0.4 is 19.5 Å². The Morgan fingerprint density at radius 3 is 2.45 bits per heavy atom. The summed E-state index contributed by atoms with van der Waals surface area (Å²) in [6.45, 7) is 0.302. The normalized spacial score (nSPS) is 10.5. The number of hydrogen-bond donors (Lipinski definition) is 1. The molecule has 0 radical (unpaired) electrons. The fourth-order valence-electron chi connectivity index (χ4n) is 2.81. The lowest BCUT2D eigenvalue weighted by Gasteiger charge is -2.14. The molecule has 29 heavy (non-hydrogen) atoms. The maximum atomic E-state index is 13.4. The van der Waals surface area contributed by atoms with Gasteiger partial charge in [-0.1, -0.05) is 12.1 Å². The van der Waals surface area contributed by atoms with Crippen LogP contribution in [0, 0.1) is 5.82 Å². The van der Waals surface area contributed by atoms with Crippen LogP contribution in [0.15, 0.2) is 41.8 Å². The van der Waals surface area contributed by atoms with E-state index < -0.39 is 0 Å². The van der Waals surface area contributed by atoms with Gasteiger partial charge in [-0.15, -0.1) is 11.3 Å². The molecule has 0 saturated carbocycles. The second-order valence-electron chi connectivity index (χ2n) is 6.14. The Labute approximate surface area is 172 Å². The average molecular weight is 416 g/mol. The van der Waals surface area contributed by atoms with Crippen molar-refractivity contribution >= 4 is 17.2 Å². The number of benzene rings is 2. The Morgan fingerprint density at radius 2 is 1.83 bits per heavy atom. The molecule has 0 bridgehead atoms. The number of carbonyl (C=O) groups excluding carboxylic acids is 1. The number of halogens is 1. The molecule has 6 nitrogen and oxygen atoms in total. The molecule has 0 unspecified atom stereocenters. The Balaban J connectivity index is 1.63. The summed E-state index contributed by atoms with van der Waals surface area (Å²) in [4.78, 5) is 16.8. The van der Waals surface area contributed by atoms with E-state index >= 15 is 0 Å². The lowest BCUT2D eigenvalue weighted by molar-refractivity contribution is -0.120. The van der Waals surface area contributed by atoms with Crippen molar-refractivity contribution in [1.29, 1.82) is 0 Å². The highest BCUT2D eigenvalue weighted by molar-refractivity contribution is 7.13. The van der Waals surface area contributed by atoms with Crippen molar-refractivity contribution < 1.29 is 23.4 Å². The van der Waals surface area contributed by atoms with E-state index in [9.17, 15) is 9.18 Å². The molecule has 8 heteroatoms. The van der Waals surface area contributed by atoms with Gasteiger partial charge >= 0.3 is 0 Å². The number of methoxy groups -OCH3 is 3. The molecule has 0 saturated heterocycles. The number of rotatable bonds is 8. The highest BCUT2D eigenvalue weighted by atomic mass is 32.1. The highest BCUT2D eigenvalue weighted by Crippen LogP contribution is 2.38. The number of aromatic nitrogens is 1. The first-order valence-electron chi connectivity index (χ1n) is 8.80. The van der Waals surface area contributed by atoms with Gasteiger partial charge in [-0.25, -0.2) is 9.37 Å². The molecule has 0 aliphatic rings. The molecule has 0 aliphatic heterocycles. The van der Waals surface area contributed by atoms with Crippen molar-refractivity contribution in [1.82, 2.24) is 10.3 Å². The number of amides is 1. The van der Waals surface area contributed by atoms with Crippen LogP contribution in [0.1, 0.15) is 11.3 Å². The summed E-state index contributed by atoms with van der Waals surface area (Å²) in [5, 5.41) is 5.34. The van der Waals surface area contributed by atoms with Gasteiger partial charge in [0.25, 0.3) is 0 Å². The zero-order valence-electron chi connectivity index (χ0n) is 16.3. The smallest absolute Gasteiger partial charge is 0.226 e. The van der Waals surface area contributed by atoms with E-state index in [1.54, 1.807) is 29.6 Å². The third-order valence-electron chi connectivity index (χ3n) is 4.18. The summed E-state index contributed by atoms with van der Waals surface area (Å²) in [6.07, 6.45) is 0.135. The number of nitrogens with one attached hydrogen (secondary N) is 1.